The highest BCUT2D eigenvalue weighted by Crippen LogP contribution is 2.38. The second kappa shape index (κ2) is 11.1. The summed E-state index contributed by atoms with van der Waals surface area (Å²) >= 11 is 0. The molecule has 5 nitrogen and oxygen atoms in total. The zero-order valence-corrected chi connectivity index (χ0v) is 19.6. The minimum atomic E-state index is -0.412. The molecule has 0 heterocycles. The van der Waals surface area contributed by atoms with E-state index in [1.165, 1.54) is 0 Å². The third-order valence-electron chi connectivity index (χ3n) is 6.84. The molecule has 0 unspecified atom stereocenters. The standard InChI is InChI=1S/C29H32N2O3/c1-31(24-12-6-3-7-13-24)29(34)23-18-16-21(17-19-23)25-14-8-9-15-26(25)28(33)30-27(20-32)22-10-4-2-5-11-22/h2-7,10-13,16-19,25-27,32H,8-9,14-15,20H2,1H3,(H,30,33)/t25-,26+,27+/m1/s1. The number of carbonyl (C=O) groups is 2. The maximum absolute atomic E-state index is 13.3. The molecular weight excluding hydrogens is 424 g/mol. The molecule has 1 fully saturated rings. The van der Waals surface area contributed by atoms with Crippen molar-refractivity contribution in [1.82, 2.24) is 5.32 Å². The van der Waals surface area contributed by atoms with Gasteiger partial charge in [-0.1, -0.05) is 73.5 Å². The molecule has 3 atom stereocenters. The number of amides is 2. The molecule has 2 N–H and O–H groups in total. The lowest BCUT2D eigenvalue weighted by molar-refractivity contribution is -0.127. The van der Waals surface area contributed by atoms with Gasteiger partial charge in [-0.2, -0.15) is 0 Å². The van der Waals surface area contributed by atoms with Gasteiger partial charge in [-0.05, 0) is 54.2 Å². The van der Waals surface area contributed by atoms with E-state index in [1.807, 2.05) is 84.9 Å². The van der Waals surface area contributed by atoms with Crippen molar-refractivity contribution in [3.8, 4) is 0 Å². The molecule has 0 aliphatic heterocycles. The van der Waals surface area contributed by atoms with Crippen LogP contribution in [0.5, 0.6) is 0 Å². The van der Waals surface area contributed by atoms with Crippen molar-refractivity contribution in [2.75, 3.05) is 18.6 Å². The van der Waals surface area contributed by atoms with E-state index < -0.39 is 6.04 Å². The highest BCUT2D eigenvalue weighted by Gasteiger charge is 2.33. The average molecular weight is 457 g/mol. The topological polar surface area (TPSA) is 69.6 Å². The van der Waals surface area contributed by atoms with E-state index in [-0.39, 0.29) is 30.3 Å². The summed E-state index contributed by atoms with van der Waals surface area (Å²) in [6.07, 6.45) is 3.85. The molecule has 1 saturated carbocycles. The summed E-state index contributed by atoms with van der Waals surface area (Å²) < 4.78 is 0. The van der Waals surface area contributed by atoms with E-state index in [0.717, 1.165) is 42.5 Å². The molecule has 176 valence electrons. The van der Waals surface area contributed by atoms with Crippen LogP contribution in [0.1, 0.15) is 59.1 Å². The van der Waals surface area contributed by atoms with Crippen molar-refractivity contribution in [2.24, 2.45) is 5.92 Å². The molecule has 4 rings (SSSR count). The van der Waals surface area contributed by atoms with Crippen LogP contribution in [0.2, 0.25) is 0 Å². The smallest absolute Gasteiger partial charge is 0.258 e. The van der Waals surface area contributed by atoms with Gasteiger partial charge in [0.25, 0.3) is 5.91 Å². The predicted molar refractivity (Wildman–Crippen MR) is 135 cm³/mol. The fraction of sp³-hybridized carbons (Fsp3) is 0.310. The van der Waals surface area contributed by atoms with E-state index >= 15 is 0 Å². The van der Waals surface area contributed by atoms with Crippen molar-refractivity contribution < 1.29 is 14.7 Å². The minimum absolute atomic E-state index is 0.0171. The number of aliphatic hydroxyl groups excluding tert-OH is 1. The Labute approximate surface area is 201 Å². The first-order chi connectivity index (χ1) is 16.6. The van der Waals surface area contributed by atoms with Gasteiger partial charge in [0.15, 0.2) is 0 Å². The second-order valence-electron chi connectivity index (χ2n) is 8.97. The molecule has 0 bridgehead atoms. The average Bonchev–Trinajstić information content (AvgIpc) is 2.92. The van der Waals surface area contributed by atoms with Gasteiger partial charge in [-0.15, -0.1) is 0 Å². The molecule has 1 aliphatic rings. The molecule has 1 aliphatic carbocycles. The molecule has 0 radical (unpaired) electrons. The summed E-state index contributed by atoms with van der Waals surface area (Å²) in [5.41, 5.74) is 3.45. The van der Waals surface area contributed by atoms with Gasteiger partial charge in [0, 0.05) is 24.2 Å². The Kier molecular flexibility index (Phi) is 7.76. The minimum Gasteiger partial charge on any atom is -0.394 e. The van der Waals surface area contributed by atoms with Crippen LogP contribution in [0.3, 0.4) is 0 Å². The van der Waals surface area contributed by atoms with Crippen LogP contribution in [0, 0.1) is 5.92 Å². The fourth-order valence-electron chi connectivity index (χ4n) is 4.88. The summed E-state index contributed by atoms with van der Waals surface area (Å²) in [5, 5.41) is 12.9. The first kappa shape index (κ1) is 23.7. The predicted octanol–water partition coefficient (Wildman–Crippen LogP) is 5.09. The van der Waals surface area contributed by atoms with Gasteiger partial charge in [0.05, 0.1) is 12.6 Å². The Morgan fingerprint density at radius 1 is 0.912 bits per heavy atom. The number of nitrogens with zero attached hydrogens (tertiary/aromatic N) is 1. The van der Waals surface area contributed by atoms with Gasteiger partial charge in [0.1, 0.15) is 0 Å². The highest BCUT2D eigenvalue weighted by molar-refractivity contribution is 6.05. The number of aliphatic hydroxyl groups is 1. The molecular formula is C29H32N2O3. The van der Waals surface area contributed by atoms with E-state index in [4.69, 9.17) is 0 Å². The maximum Gasteiger partial charge on any atom is 0.258 e. The van der Waals surface area contributed by atoms with Gasteiger partial charge in [-0.25, -0.2) is 0 Å². The number of nitrogens with one attached hydrogen (secondary N) is 1. The Balaban J connectivity index is 1.47. The maximum atomic E-state index is 13.3. The normalized spacial score (nSPS) is 18.6. The molecule has 0 spiro atoms. The lowest BCUT2D eigenvalue weighted by atomic mass is 9.74. The van der Waals surface area contributed by atoms with E-state index in [2.05, 4.69) is 5.32 Å². The van der Waals surface area contributed by atoms with E-state index in [1.54, 1.807) is 11.9 Å². The molecule has 0 saturated heterocycles. The number of para-hydroxylation sites is 1. The Bertz CT molecular complexity index is 1080. The monoisotopic (exact) mass is 456 g/mol. The number of benzene rings is 3. The lowest BCUT2D eigenvalue weighted by Gasteiger charge is -2.32. The third-order valence-corrected chi connectivity index (χ3v) is 6.84. The summed E-state index contributed by atoms with van der Waals surface area (Å²) in [6.45, 7) is -0.140. The van der Waals surface area contributed by atoms with Crippen LogP contribution in [-0.2, 0) is 4.79 Å². The molecule has 5 heteroatoms. The van der Waals surface area contributed by atoms with Crippen molar-refractivity contribution in [3.05, 3.63) is 102 Å². The van der Waals surface area contributed by atoms with Crippen LogP contribution >= 0.6 is 0 Å². The van der Waals surface area contributed by atoms with Crippen LogP contribution in [0.15, 0.2) is 84.9 Å². The van der Waals surface area contributed by atoms with Crippen molar-refractivity contribution in [2.45, 2.75) is 37.6 Å². The number of carbonyl (C=O) groups excluding carboxylic acids is 2. The number of rotatable bonds is 7. The van der Waals surface area contributed by atoms with Crippen molar-refractivity contribution in [1.29, 1.82) is 0 Å². The summed E-state index contributed by atoms with van der Waals surface area (Å²) in [4.78, 5) is 27.8. The Hall–Kier alpha value is -3.44. The number of hydrogen-bond acceptors (Lipinski definition) is 3. The van der Waals surface area contributed by atoms with Gasteiger partial charge in [-0.3, -0.25) is 9.59 Å². The first-order valence-corrected chi connectivity index (χ1v) is 12.0. The third kappa shape index (κ3) is 5.37. The first-order valence-electron chi connectivity index (χ1n) is 12.0. The summed E-state index contributed by atoms with van der Waals surface area (Å²) in [6, 6.07) is 26.4. The molecule has 3 aromatic carbocycles. The van der Waals surface area contributed by atoms with Crippen molar-refractivity contribution >= 4 is 17.5 Å². The van der Waals surface area contributed by atoms with Gasteiger partial charge < -0.3 is 15.3 Å². The molecule has 3 aromatic rings. The second-order valence-corrected chi connectivity index (χ2v) is 8.97. The number of anilines is 1. The largest absolute Gasteiger partial charge is 0.394 e. The summed E-state index contributed by atoms with van der Waals surface area (Å²) in [5.74, 6) is -0.138. The SMILES string of the molecule is CN(C(=O)c1ccc([C@H]2CCCC[C@@H]2C(=O)N[C@@H](CO)c2ccccc2)cc1)c1ccccc1. The van der Waals surface area contributed by atoms with Crippen LogP contribution < -0.4 is 10.2 Å². The zero-order chi connectivity index (χ0) is 23.9. The number of hydrogen-bond donors (Lipinski definition) is 2. The Morgan fingerprint density at radius 3 is 2.18 bits per heavy atom. The molecule has 34 heavy (non-hydrogen) atoms. The highest BCUT2D eigenvalue weighted by atomic mass is 16.3. The summed E-state index contributed by atoms with van der Waals surface area (Å²) in [7, 11) is 1.78. The fourth-order valence-corrected chi connectivity index (χ4v) is 4.88. The Morgan fingerprint density at radius 2 is 1.53 bits per heavy atom. The van der Waals surface area contributed by atoms with Crippen LogP contribution in [0.4, 0.5) is 5.69 Å². The molecule has 0 aromatic heterocycles. The quantitative estimate of drug-likeness (QED) is 0.520. The van der Waals surface area contributed by atoms with Crippen LogP contribution in [-0.4, -0.2) is 30.6 Å². The lowest BCUT2D eigenvalue weighted by Crippen LogP contribution is -2.39. The van der Waals surface area contributed by atoms with E-state index in [0.29, 0.717) is 5.56 Å². The van der Waals surface area contributed by atoms with E-state index in [9.17, 15) is 14.7 Å². The van der Waals surface area contributed by atoms with Crippen LogP contribution in [0.25, 0.3) is 0 Å². The van der Waals surface area contributed by atoms with Gasteiger partial charge in [0.2, 0.25) is 5.91 Å². The van der Waals surface area contributed by atoms with Gasteiger partial charge >= 0.3 is 0 Å². The zero-order valence-electron chi connectivity index (χ0n) is 19.6. The van der Waals surface area contributed by atoms with Crippen molar-refractivity contribution in [3.63, 3.8) is 0 Å². The molecule has 2 amide bonds.